The average Bonchev–Trinajstić information content (AvgIpc) is 2.52. The third kappa shape index (κ3) is 8.88. The molecule has 0 saturated carbocycles. The van der Waals surface area contributed by atoms with E-state index in [0.717, 1.165) is 51.8 Å². The highest BCUT2D eigenvalue weighted by Gasteiger charge is 2.33. The van der Waals surface area contributed by atoms with E-state index in [-0.39, 0.29) is 17.7 Å². The van der Waals surface area contributed by atoms with Crippen LogP contribution in [0.3, 0.4) is 0 Å². The Morgan fingerprint density at radius 2 is 1.88 bits per heavy atom. The Labute approximate surface area is 154 Å². The molecule has 0 spiro atoms. The van der Waals surface area contributed by atoms with Gasteiger partial charge in [0.15, 0.2) is 5.96 Å². The zero-order chi connectivity index (χ0) is 18.9. The van der Waals surface area contributed by atoms with E-state index in [0.29, 0.717) is 5.92 Å². The van der Waals surface area contributed by atoms with Crippen LogP contribution in [0.25, 0.3) is 0 Å². The second-order valence-corrected chi connectivity index (χ2v) is 8.15. The van der Waals surface area contributed by atoms with E-state index in [4.69, 9.17) is 9.47 Å². The molecule has 2 atom stereocenters. The minimum Gasteiger partial charge on any atom is -0.381 e. The first kappa shape index (κ1) is 22.2. The monoisotopic (exact) mass is 356 g/mol. The zero-order valence-corrected chi connectivity index (χ0v) is 17.4. The normalized spacial score (nSPS) is 23.1. The van der Waals surface area contributed by atoms with Crippen molar-refractivity contribution in [2.24, 2.45) is 10.9 Å². The average molecular weight is 357 g/mol. The molecule has 2 N–H and O–H groups in total. The van der Waals surface area contributed by atoms with Crippen LogP contribution < -0.4 is 10.6 Å². The van der Waals surface area contributed by atoms with Crippen LogP contribution in [0.4, 0.5) is 0 Å². The van der Waals surface area contributed by atoms with Gasteiger partial charge in [-0.1, -0.05) is 13.8 Å². The summed E-state index contributed by atoms with van der Waals surface area (Å²) >= 11 is 0. The van der Waals surface area contributed by atoms with Gasteiger partial charge in [0.1, 0.15) is 0 Å². The van der Waals surface area contributed by atoms with Gasteiger partial charge in [-0.2, -0.15) is 0 Å². The van der Waals surface area contributed by atoms with Gasteiger partial charge in [0.2, 0.25) is 0 Å². The molecule has 0 aromatic rings. The Bertz CT molecular complexity index is 389. The summed E-state index contributed by atoms with van der Waals surface area (Å²) in [5.41, 5.74) is 0.0459. The lowest BCUT2D eigenvalue weighted by Crippen LogP contribution is -2.59. The number of morpholine rings is 1. The van der Waals surface area contributed by atoms with Gasteiger partial charge < -0.3 is 20.1 Å². The number of hydrogen-bond donors (Lipinski definition) is 2. The van der Waals surface area contributed by atoms with Crippen LogP contribution in [-0.2, 0) is 9.47 Å². The van der Waals surface area contributed by atoms with Gasteiger partial charge in [-0.15, -0.1) is 0 Å². The number of guanidine groups is 1. The topological polar surface area (TPSA) is 58.1 Å². The van der Waals surface area contributed by atoms with Gasteiger partial charge in [0, 0.05) is 52.0 Å². The molecule has 1 saturated heterocycles. The van der Waals surface area contributed by atoms with Crippen LogP contribution >= 0.6 is 0 Å². The molecule has 0 aromatic heterocycles. The van der Waals surface area contributed by atoms with E-state index >= 15 is 0 Å². The molecule has 1 aliphatic heterocycles. The van der Waals surface area contributed by atoms with Crippen molar-refractivity contribution in [2.45, 2.75) is 65.7 Å². The predicted molar refractivity (Wildman–Crippen MR) is 105 cm³/mol. The van der Waals surface area contributed by atoms with Crippen molar-refractivity contribution < 1.29 is 9.47 Å². The Balaban J connectivity index is 2.30. The fraction of sp³-hybridized carbons (Fsp3) is 0.947. The Hall–Kier alpha value is -0.850. The Morgan fingerprint density at radius 1 is 1.24 bits per heavy atom. The molecule has 25 heavy (non-hydrogen) atoms. The Kier molecular flexibility index (Phi) is 9.75. The first-order chi connectivity index (χ1) is 11.7. The number of aliphatic imine (C=N–C) groups is 1. The first-order valence-electron chi connectivity index (χ1n) is 9.67. The van der Waals surface area contributed by atoms with E-state index < -0.39 is 0 Å². The fourth-order valence-corrected chi connectivity index (χ4v) is 3.00. The molecule has 0 amide bonds. The quantitative estimate of drug-likeness (QED) is 0.376. The number of nitrogens with zero attached hydrogens (tertiary/aromatic N) is 2. The van der Waals surface area contributed by atoms with Crippen molar-refractivity contribution in [1.29, 1.82) is 0 Å². The van der Waals surface area contributed by atoms with Crippen molar-refractivity contribution >= 4 is 5.96 Å². The number of hydrogen-bond acceptors (Lipinski definition) is 4. The van der Waals surface area contributed by atoms with Crippen LogP contribution in [0, 0.1) is 5.92 Å². The molecular weight excluding hydrogens is 316 g/mol. The summed E-state index contributed by atoms with van der Waals surface area (Å²) in [5.74, 6) is 1.45. The molecule has 1 heterocycles. The van der Waals surface area contributed by atoms with Gasteiger partial charge in [-0.3, -0.25) is 9.89 Å². The summed E-state index contributed by atoms with van der Waals surface area (Å²) in [6.45, 7) is 18.5. The van der Waals surface area contributed by atoms with Crippen molar-refractivity contribution in [3.05, 3.63) is 0 Å². The number of rotatable bonds is 9. The summed E-state index contributed by atoms with van der Waals surface area (Å²) < 4.78 is 11.5. The van der Waals surface area contributed by atoms with Crippen LogP contribution in [0.15, 0.2) is 4.99 Å². The van der Waals surface area contributed by atoms with Crippen molar-refractivity contribution in [3.8, 4) is 0 Å². The second kappa shape index (κ2) is 11.0. The number of ether oxygens (including phenoxy) is 2. The SMILES string of the molecule is CN=C(NCCCOCC(C)C)NCC(C)(C)N1CC(C)OC(C)C1. The van der Waals surface area contributed by atoms with Gasteiger partial charge in [-0.25, -0.2) is 0 Å². The highest BCUT2D eigenvalue weighted by Crippen LogP contribution is 2.20. The van der Waals surface area contributed by atoms with Gasteiger partial charge in [0.05, 0.1) is 12.2 Å². The fourth-order valence-electron chi connectivity index (χ4n) is 3.00. The third-order valence-corrected chi connectivity index (χ3v) is 4.40. The van der Waals surface area contributed by atoms with E-state index in [2.05, 4.69) is 62.1 Å². The highest BCUT2D eigenvalue weighted by atomic mass is 16.5. The molecule has 0 aliphatic carbocycles. The van der Waals surface area contributed by atoms with Crippen LogP contribution in [-0.4, -0.2) is 75.0 Å². The molecule has 6 nitrogen and oxygen atoms in total. The molecule has 6 heteroatoms. The van der Waals surface area contributed by atoms with Gasteiger partial charge >= 0.3 is 0 Å². The van der Waals surface area contributed by atoms with Gasteiger partial charge in [-0.05, 0) is 40.0 Å². The largest absolute Gasteiger partial charge is 0.381 e. The minimum atomic E-state index is 0.0459. The second-order valence-electron chi connectivity index (χ2n) is 8.15. The van der Waals surface area contributed by atoms with Crippen molar-refractivity contribution in [2.75, 3.05) is 46.4 Å². The molecule has 1 fully saturated rings. The summed E-state index contributed by atoms with van der Waals surface area (Å²) in [7, 11) is 1.82. The van der Waals surface area contributed by atoms with E-state index in [1.807, 2.05) is 7.05 Å². The lowest BCUT2D eigenvalue weighted by atomic mass is 10.00. The van der Waals surface area contributed by atoms with Gasteiger partial charge in [0.25, 0.3) is 0 Å². The lowest BCUT2D eigenvalue weighted by Gasteiger charge is -2.45. The molecule has 0 bridgehead atoms. The maximum absolute atomic E-state index is 5.85. The van der Waals surface area contributed by atoms with Crippen molar-refractivity contribution in [1.82, 2.24) is 15.5 Å². The van der Waals surface area contributed by atoms with E-state index in [1.165, 1.54) is 0 Å². The van der Waals surface area contributed by atoms with Crippen LogP contribution in [0.2, 0.25) is 0 Å². The first-order valence-corrected chi connectivity index (χ1v) is 9.67. The summed E-state index contributed by atoms with van der Waals surface area (Å²) in [4.78, 5) is 6.83. The summed E-state index contributed by atoms with van der Waals surface area (Å²) in [6, 6.07) is 0. The maximum atomic E-state index is 5.85. The van der Waals surface area contributed by atoms with E-state index in [1.54, 1.807) is 0 Å². The predicted octanol–water partition coefficient (Wildman–Crippen LogP) is 2.10. The zero-order valence-electron chi connectivity index (χ0n) is 17.4. The van der Waals surface area contributed by atoms with Crippen LogP contribution in [0.1, 0.15) is 48.0 Å². The molecule has 2 unspecified atom stereocenters. The van der Waals surface area contributed by atoms with Crippen molar-refractivity contribution in [3.63, 3.8) is 0 Å². The standard InChI is InChI=1S/C19H40N4O2/c1-15(2)13-24-10-8-9-21-18(20-7)22-14-19(5,6)23-11-16(3)25-17(4)12-23/h15-17H,8-14H2,1-7H3,(H2,20,21,22). The molecule has 1 aliphatic rings. The summed E-state index contributed by atoms with van der Waals surface area (Å²) in [5, 5.41) is 6.83. The number of nitrogens with one attached hydrogen (secondary N) is 2. The molecule has 0 radical (unpaired) electrons. The minimum absolute atomic E-state index is 0.0459. The molecule has 148 valence electrons. The third-order valence-electron chi connectivity index (χ3n) is 4.40. The molecule has 1 rings (SSSR count). The molecular formula is C19H40N4O2. The summed E-state index contributed by atoms with van der Waals surface area (Å²) in [6.07, 6.45) is 1.55. The molecule has 0 aromatic carbocycles. The lowest BCUT2D eigenvalue weighted by molar-refractivity contribution is -0.0946. The smallest absolute Gasteiger partial charge is 0.191 e. The Morgan fingerprint density at radius 3 is 2.44 bits per heavy atom. The van der Waals surface area contributed by atoms with Crippen LogP contribution in [0.5, 0.6) is 0 Å². The highest BCUT2D eigenvalue weighted by molar-refractivity contribution is 5.79. The maximum Gasteiger partial charge on any atom is 0.191 e. The van der Waals surface area contributed by atoms with E-state index in [9.17, 15) is 0 Å².